The zero-order valence-corrected chi connectivity index (χ0v) is 10.5. The van der Waals surface area contributed by atoms with Gasteiger partial charge in [-0.25, -0.2) is 0 Å². The minimum Gasteiger partial charge on any atom is -0.300 e. The average molecular weight is 227 g/mol. The molecular weight excluding hydrogens is 210 g/mol. The highest BCUT2D eigenvalue weighted by molar-refractivity contribution is 6.10. The van der Waals surface area contributed by atoms with Gasteiger partial charge < -0.3 is 0 Å². The molecule has 0 saturated heterocycles. The maximum Gasteiger partial charge on any atom is 0.180 e. The van der Waals surface area contributed by atoms with Crippen molar-refractivity contribution in [3.63, 3.8) is 0 Å². The fraction of sp³-hybridized carbons (Fsp3) is 0.267. The summed E-state index contributed by atoms with van der Waals surface area (Å²) in [5.41, 5.74) is 0.810. The molecule has 0 bridgehead atoms. The highest BCUT2D eigenvalue weighted by Gasteiger charge is 2.18. The van der Waals surface area contributed by atoms with E-state index in [-0.39, 0.29) is 11.8 Å². The summed E-state index contributed by atoms with van der Waals surface area (Å²) >= 11 is 0. The van der Waals surface area contributed by atoms with Crippen LogP contribution >= 0.6 is 0 Å². The van der Waals surface area contributed by atoms with Crippen LogP contribution in [0.5, 0.6) is 0 Å². The Labute approximate surface area is 102 Å². The first-order chi connectivity index (χ1) is 8.11. The van der Waals surface area contributed by atoms with Gasteiger partial charge in [0.1, 0.15) is 0 Å². The van der Waals surface area contributed by atoms with Crippen molar-refractivity contribution in [3.05, 3.63) is 48.0 Å². The molecule has 0 saturated carbocycles. The lowest BCUT2D eigenvalue weighted by Crippen LogP contribution is -2.32. The van der Waals surface area contributed by atoms with Gasteiger partial charge in [-0.05, 0) is 31.8 Å². The molecule has 0 aliphatic carbocycles. The SMILES string of the molecule is CC(C(=O)c1cccc2ccccc12)N(C)C. The lowest BCUT2D eigenvalue weighted by molar-refractivity contribution is 0.0892. The number of carbonyl (C=O) groups is 1. The van der Waals surface area contributed by atoms with Crippen LogP contribution in [-0.2, 0) is 0 Å². The van der Waals surface area contributed by atoms with E-state index in [4.69, 9.17) is 0 Å². The Hall–Kier alpha value is -1.67. The fourth-order valence-corrected chi connectivity index (χ4v) is 1.90. The first kappa shape index (κ1) is 11.8. The molecule has 0 amide bonds. The van der Waals surface area contributed by atoms with E-state index in [1.165, 1.54) is 0 Å². The molecule has 0 spiro atoms. The molecule has 0 aliphatic heterocycles. The summed E-state index contributed by atoms with van der Waals surface area (Å²) in [6.07, 6.45) is 0. The number of carbonyl (C=O) groups excluding carboxylic acids is 1. The molecule has 0 fully saturated rings. The summed E-state index contributed by atoms with van der Waals surface area (Å²) in [5, 5.41) is 2.15. The van der Waals surface area contributed by atoms with Crippen molar-refractivity contribution in [3.8, 4) is 0 Å². The molecular formula is C15H17NO. The number of ketones is 1. The third-order valence-corrected chi connectivity index (χ3v) is 3.21. The van der Waals surface area contributed by atoms with Gasteiger partial charge in [-0.3, -0.25) is 9.69 Å². The van der Waals surface area contributed by atoms with E-state index in [2.05, 4.69) is 0 Å². The second kappa shape index (κ2) is 4.68. The predicted octanol–water partition coefficient (Wildman–Crippen LogP) is 2.97. The smallest absolute Gasteiger partial charge is 0.180 e. The maximum atomic E-state index is 12.4. The molecule has 88 valence electrons. The van der Waals surface area contributed by atoms with E-state index >= 15 is 0 Å². The molecule has 0 heterocycles. The first-order valence-corrected chi connectivity index (χ1v) is 5.79. The molecule has 1 unspecified atom stereocenters. The number of nitrogens with zero attached hydrogens (tertiary/aromatic N) is 1. The van der Waals surface area contributed by atoms with Crippen LogP contribution in [0.15, 0.2) is 42.5 Å². The third-order valence-electron chi connectivity index (χ3n) is 3.21. The van der Waals surface area contributed by atoms with E-state index in [0.29, 0.717) is 0 Å². The Balaban J connectivity index is 2.52. The monoisotopic (exact) mass is 227 g/mol. The molecule has 2 rings (SSSR count). The van der Waals surface area contributed by atoms with Crippen LogP contribution in [0.3, 0.4) is 0 Å². The second-order valence-electron chi connectivity index (χ2n) is 4.53. The number of rotatable bonds is 3. The van der Waals surface area contributed by atoms with E-state index < -0.39 is 0 Å². The average Bonchev–Trinajstić information content (AvgIpc) is 2.36. The summed E-state index contributed by atoms with van der Waals surface area (Å²) in [7, 11) is 3.85. The van der Waals surface area contributed by atoms with Gasteiger partial charge in [0.15, 0.2) is 5.78 Å². The topological polar surface area (TPSA) is 20.3 Å². The minimum absolute atomic E-state index is 0.0965. The van der Waals surface area contributed by atoms with Crippen LogP contribution in [0, 0.1) is 0 Å². The number of benzene rings is 2. The van der Waals surface area contributed by atoms with Gasteiger partial charge in [0, 0.05) is 5.56 Å². The van der Waals surface area contributed by atoms with E-state index in [0.717, 1.165) is 16.3 Å². The second-order valence-corrected chi connectivity index (χ2v) is 4.53. The van der Waals surface area contributed by atoms with Crippen LogP contribution in [0.2, 0.25) is 0 Å². The Bertz CT molecular complexity index is 540. The number of Topliss-reactive ketones (excluding diaryl/α,β-unsaturated/α-hetero) is 1. The van der Waals surface area contributed by atoms with Crippen LogP contribution in [0.1, 0.15) is 17.3 Å². The summed E-state index contributed by atoms with van der Waals surface area (Å²) in [4.78, 5) is 14.3. The summed E-state index contributed by atoms with van der Waals surface area (Å²) in [6, 6.07) is 13.8. The van der Waals surface area contributed by atoms with Gasteiger partial charge in [0.25, 0.3) is 0 Å². The van der Waals surface area contributed by atoms with Crippen molar-refractivity contribution in [1.82, 2.24) is 4.90 Å². The Morgan fingerprint density at radius 3 is 2.41 bits per heavy atom. The molecule has 2 aromatic rings. The molecule has 2 aromatic carbocycles. The van der Waals surface area contributed by atoms with Crippen molar-refractivity contribution in [2.24, 2.45) is 0 Å². The Kier molecular flexibility index (Phi) is 3.25. The third kappa shape index (κ3) is 2.22. The van der Waals surface area contributed by atoms with Gasteiger partial charge in [-0.1, -0.05) is 42.5 Å². The van der Waals surface area contributed by atoms with Crippen molar-refractivity contribution in [1.29, 1.82) is 0 Å². The summed E-state index contributed by atoms with van der Waals surface area (Å²) < 4.78 is 0. The van der Waals surface area contributed by atoms with Crippen LogP contribution in [0.25, 0.3) is 10.8 Å². The summed E-state index contributed by atoms with van der Waals surface area (Å²) in [5.74, 6) is 0.173. The Morgan fingerprint density at radius 1 is 1.06 bits per heavy atom. The van der Waals surface area contributed by atoms with Gasteiger partial charge in [-0.15, -0.1) is 0 Å². The van der Waals surface area contributed by atoms with E-state index in [1.54, 1.807) is 0 Å². The van der Waals surface area contributed by atoms with Gasteiger partial charge in [-0.2, -0.15) is 0 Å². The zero-order valence-electron chi connectivity index (χ0n) is 10.5. The van der Waals surface area contributed by atoms with Crippen LogP contribution in [-0.4, -0.2) is 30.8 Å². The molecule has 2 heteroatoms. The van der Waals surface area contributed by atoms with Gasteiger partial charge >= 0.3 is 0 Å². The first-order valence-electron chi connectivity index (χ1n) is 5.79. The van der Waals surface area contributed by atoms with Crippen molar-refractivity contribution in [2.45, 2.75) is 13.0 Å². The number of hydrogen-bond donors (Lipinski definition) is 0. The number of fused-ring (bicyclic) bond motifs is 1. The lowest BCUT2D eigenvalue weighted by atomic mass is 9.98. The predicted molar refractivity (Wildman–Crippen MR) is 71.4 cm³/mol. The van der Waals surface area contributed by atoms with Gasteiger partial charge in [0.2, 0.25) is 0 Å². The number of hydrogen-bond acceptors (Lipinski definition) is 2. The molecule has 1 atom stereocenters. The molecule has 17 heavy (non-hydrogen) atoms. The zero-order chi connectivity index (χ0) is 12.4. The van der Waals surface area contributed by atoms with Crippen molar-refractivity contribution in [2.75, 3.05) is 14.1 Å². The normalized spacial score (nSPS) is 12.9. The molecule has 0 N–H and O–H groups in total. The number of likely N-dealkylation sites (N-methyl/N-ethyl adjacent to an activating group) is 1. The largest absolute Gasteiger partial charge is 0.300 e. The fourth-order valence-electron chi connectivity index (χ4n) is 1.90. The van der Waals surface area contributed by atoms with Crippen LogP contribution < -0.4 is 0 Å². The van der Waals surface area contributed by atoms with Crippen molar-refractivity contribution >= 4 is 16.6 Å². The van der Waals surface area contributed by atoms with Crippen molar-refractivity contribution < 1.29 is 4.79 Å². The van der Waals surface area contributed by atoms with E-state index in [9.17, 15) is 4.79 Å². The molecule has 0 radical (unpaired) electrons. The molecule has 0 aromatic heterocycles. The van der Waals surface area contributed by atoms with E-state index in [1.807, 2.05) is 68.4 Å². The molecule has 2 nitrogen and oxygen atoms in total. The standard InChI is InChI=1S/C15H17NO/c1-11(16(2)3)15(17)14-10-6-8-12-7-4-5-9-13(12)14/h4-11H,1-3H3. The quantitative estimate of drug-likeness (QED) is 0.751. The molecule has 0 aliphatic rings. The highest BCUT2D eigenvalue weighted by atomic mass is 16.1. The highest BCUT2D eigenvalue weighted by Crippen LogP contribution is 2.20. The summed E-state index contributed by atoms with van der Waals surface area (Å²) in [6.45, 7) is 1.93. The Morgan fingerprint density at radius 2 is 1.71 bits per heavy atom. The maximum absolute atomic E-state index is 12.4. The van der Waals surface area contributed by atoms with Crippen LogP contribution in [0.4, 0.5) is 0 Å². The lowest BCUT2D eigenvalue weighted by Gasteiger charge is -2.19. The van der Waals surface area contributed by atoms with Gasteiger partial charge in [0.05, 0.1) is 6.04 Å². The minimum atomic E-state index is -0.0965.